The van der Waals surface area contributed by atoms with Gasteiger partial charge >= 0.3 is 0 Å². The lowest BCUT2D eigenvalue weighted by Crippen LogP contribution is -2.48. The Labute approximate surface area is 60.9 Å². The number of rotatable bonds is 0. The van der Waals surface area contributed by atoms with E-state index in [1.54, 1.807) is 0 Å². The van der Waals surface area contributed by atoms with E-state index in [-0.39, 0.29) is 5.54 Å². The Morgan fingerprint density at radius 2 is 1.80 bits per heavy atom. The van der Waals surface area contributed by atoms with Crippen molar-refractivity contribution in [3.63, 3.8) is 0 Å². The minimum Gasteiger partial charge on any atom is -0.318 e. The van der Waals surface area contributed by atoms with Crippen molar-refractivity contribution < 1.29 is 0 Å². The Hall–Kier alpha value is -0.820. The van der Waals surface area contributed by atoms with Crippen LogP contribution in [-0.4, -0.2) is 5.54 Å². The van der Waals surface area contributed by atoms with Gasteiger partial charge in [-0.2, -0.15) is 0 Å². The van der Waals surface area contributed by atoms with Crippen molar-refractivity contribution in [2.45, 2.75) is 18.9 Å². The van der Waals surface area contributed by atoms with Crippen LogP contribution in [0.1, 0.15) is 13.3 Å². The monoisotopic (exact) mass is 133 g/mol. The van der Waals surface area contributed by atoms with Crippen LogP contribution >= 0.6 is 0 Å². The van der Waals surface area contributed by atoms with Gasteiger partial charge in [-0.25, -0.2) is 0 Å². The molecule has 0 aliphatic heterocycles. The van der Waals surface area contributed by atoms with E-state index >= 15 is 0 Å². The molecule has 3 rings (SSSR count). The topological polar surface area (TPSA) is 26.0 Å². The normalized spacial score (nSPS) is 26.2. The summed E-state index contributed by atoms with van der Waals surface area (Å²) in [5, 5.41) is 0. The van der Waals surface area contributed by atoms with Gasteiger partial charge in [-0.05, 0) is 24.5 Å². The van der Waals surface area contributed by atoms with Gasteiger partial charge in [-0.1, -0.05) is 24.3 Å². The Morgan fingerprint density at radius 1 is 1.30 bits per heavy atom. The fourth-order valence-corrected chi connectivity index (χ4v) is 1.48. The van der Waals surface area contributed by atoms with Crippen LogP contribution in [0.2, 0.25) is 0 Å². The lowest BCUT2D eigenvalue weighted by molar-refractivity contribution is 0.530. The fourth-order valence-electron chi connectivity index (χ4n) is 1.48. The molecule has 0 aromatic heterocycles. The van der Waals surface area contributed by atoms with E-state index in [1.165, 1.54) is 11.1 Å². The molecule has 52 valence electrons. The first-order valence-electron chi connectivity index (χ1n) is 3.57. The number of fused-ring (bicyclic) bond motifs is 2. The molecule has 0 atom stereocenters. The highest BCUT2D eigenvalue weighted by molar-refractivity contribution is 5.52. The number of allylic oxidation sites excluding steroid dienone is 4. The van der Waals surface area contributed by atoms with Crippen molar-refractivity contribution in [1.82, 2.24) is 0 Å². The smallest absolute Gasteiger partial charge is 0.0568 e. The zero-order chi connectivity index (χ0) is 7.19. The maximum atomic E-state index is 5.99. The summed E-state index contributed by atoms with van der Waals surface area (Å²) in [6.07, 6.45) is 9.43. The summed E-state index contributed by atoms with van der Waals surface area (Å²) in [4.78, 5) is 0. The number of hydrogen-bond donors (Lipinski definition) is 1. The predicted molar refractivity (Wildman–Crippen MR) is 42.5 cm³/mol. The molecule has 1 nitrogen and oxygen atoms in total. The van der Waals surface area contributed by atoms with E-state index in [1.807, 2.05) is 0 Å². The summed E-state index contributed by atoms with van der Waals surface area (Å²) in [5.74, 6) is 0. The van der Waals surface area contributed by atoms with E-state index in [2.05, 4.69) is 31.2 Å². The maximum absolute atomic E-state index is 5.99. The van der Waals surface area contributed by atoms with E-state index in [9.17, 15) is 0 Å². The summed E-state index contributed by atoms with van der Waals surface area (Å²) in [7, 11) is 0. The molecule has 2 bridgehead atoms. The molecule has 1 fully saturated rings. The highest BCUT2D eigenvalue weighted by Gasteiger charge is 2.38. The Morgan fingerprint density at radius 3 is 2.20 bits per heavy atom. The van der Waals surface area contributed by atoms with E-state index in [4.69, 9.17) is 5.73 Å². The molecule has 0 amide bonds. The van der Waals surface area contributed by atoms with Crippen molar-refractivity contribution in [2.24, 2.45) is 5.73 Å². The second-order valence-corrected chi connectivity index (χ2v) is 3.15. The van der Waals surface area contributed by atoms with Gasteiger partial charge in [0.1, 0.15) is 0 Å². The SMILES string of the molecule is CC1(N)C2=CC=CC=C1C2. The van der Waals surface area contributed by atoms with Crippen LogP contribution in [-0.2, 0) is 0 Å². The van der Waals surface area contributed by atoms with Gasteiger partial charge in [0.2, 0.25) is 0 Å². The summed E-state index contributed by atoms with van der Waals surface area (Å²) in [6, 6.07) is 0. The molecule has 10 heavy (non-hydrogen) atoms. The van der Waals surface area contributed by atoms with Gasteiger partial charge in [0, 0.05) is 0 Å². The standard InChI is InChI=1S/C9H11N/c1-9(10)7-4-2-3-5-8(9)6-7/h2-5H,6,10H2,1H3. The van der Waals surface area contributed by atoms with Gasteiger partial charge in [0.25, 0.3) is 0 Å². The molecule has 3 aliphatic rings. The first-order chi connectivity index (χ1) is 4.71. The second-order valence-electron chi connectivity index (χ2n) is 3.15. The third-order valence-electron chi connectivity index (χ3n) is 2.42. The number of nitrogens with two attached hydrogens (primary N) is 1. The molecule has 0 radical (unpaired) electrons. The minimum atomic E-state index is -0.122. The first-order valence-corrected chi connectivity index (χ1v) is 3.57. The molecule has 2 N–H and O–H groups in total. The highest BCUT2D eigenvalue weighted by Crippen LogP contribution is 2.41. The van der Waals surface area contributed by atoms with Crippen LogP contribution in [0.4, 0.5) is 0 Å². The number of hydrogen-bond acceptors (Lipinski definition) is 1. The Bertz CT molecular complexity index is 230. The summed E-state index contributed by atoms with van der Waals surface area (Å²) in [5.41, 5.74) is 8.58. The average Bonchev–Trinajstić information content (AvgIpc) is 2.17. The largest absolute Gasteiger partial charge is 0.318 e. The predicted octanol–water partition coefficient (Wildman–Crippen LogP) is 1.53. The minimum absolute atomic E-state index is 0.122. The summed E-state index contributed by atoms with van der Waals surface area (Å²) in [6.45, 7) is 2.07. The average molecular weight is 133 g/mol. The molecule has 1 heteroatoms. The summed E-state index contributed by atoms with van der Waals surface area (Å²) >= 11 is 0. The summed E-state index contributed by atoms with van der Waals surface area (Å²) < 4.78 is 0. The Kier molecular flexibility index (Phi) is 0.955. The second kappa shape index (κ2) is 1.61. The highest BCUT2D eigenvalue weighted by atomic mass is 14.8. The zero-order valence-corrected chi connectivity index (χ0v) is 6.09. The van der Waals surface area contributed by atoms with Crippen molar-refractivity contribution in [2.75, 3.05) is 0 Å². The molecule has 0 spiro atoms. The van der Waals surface area contributed by atoms with Crippen molar-refractivity contribution in [3.8, 4) is 0 Å². The third kappa shape index (κ3) is 0.557. The zero-order valence-electron chi connectivity index (χ0n) is 6.09. The van der Waals surface area contributed by atoms with E-state index < -0.39 is 0 Å². The van der Waals surface area contributed by atoms with Crippen LogP contribution in [0.3, 0.4) is 0 Å². The van der Waals surface area contributed by atoms with Crippen molar-refractivity contribution in [1.29, 1.82) is 0 Å². The fraction of sp³-hybridized carbons (Fsp3) is 0.333. The van der Waals surface area contributed by atoms with Gasteiger partial charge < -0.3 is 5.73 Å². The van der Waals surface area contributed by atoms with Gasteiger partial charge in [-0.3, -0.25) is 0 Å². The van der Waals surface area contributed by atoms with Crippen LogP contribution in [0.15, 0.2) is 35.5 Å². The first kappa shape index (κ1) is 5.93. The molecular formula is C9H11N. The molecular weight excluding hydrogens is 122 g/mol. The van der Waals surface area contributed by atoms with Crippen LogP contribution in [0.5, 0.6) is 0 Å². The lowest BCUT2D eigenvalue weighted by atomic mass is 9.69. The van der Waals surface area contributed by atoms with Crippen LogP contribution in [0, 0.1) is 0 Å². The third-order valence-corrected chi connectivity index (χ3v) is 2.42. The van der Waals surface area contributed by atoms with Crippen molar-refractivity contribution in [3.05, 3.63) is 35.5 Å². The van der Waals surface area contributed by atoms with Gasteiger partial charge in [0.15, 0.2) is 0 Å². The molecule has 0 heterocycles. The molecule has 0 unspecified atom stereocenters. The van der Waals surface area contributed by atoms with Gasteiger partial charge in [-0.15, -0.1) is 0 Å². The molecule has 0 saturated heterocycles. The quantitative estimate of drug-likeness (QED) is 0.533. The van der Waals surface area contributed by atoms with E-state index in [0.29, 0.717) is 0 Å². The lowest BCUT2D eigenvalue weighted by Gasteiger charge is -2.40. The molecule has 0 aromatic carbocycles. The molecule has 1 saturated carbocycles. The van der Waals surface area contributed by atoms with Gasteiger partial charge in [0.05, 0.1) is 5.54 Å². The molecule has 0 aromatic rings. The van der Waals surface area contributed by atoms with Crippen molar-refractivity contribution >= 4 is 0 Å². The van der Waals surface area contributed by atoms with Crippen LogP contribution in [0.25, 0.3) is 0 Å². The molecule has 3 aliphatic carbocycles. The maximum Gasteiger partial charge on any atom is 0.0568 e. The Balaban J connectivity index is 2.49. The van der Waals surface area contributed by atoms with Crippen LogP contribution < -0.4 is 5.73 Å². The van der Waals surface area contributed by atoms with E-state index in [0.717, 1.165) is 6.42 Å².